The largest absolute Gasteiger partial charge is 0.392 e. The van der Waals surface area contributed by atoms with E-state index in [2.05, 4.69) is 37.3 Å². The van der Waals surface area contributed by atoms with Crippen LogP contribution in [0.2, 0.25) is 0 Å². The first-order valence-electron chi connectivity index (χ1n) is 8.72. The molecule has 4 atom stereocenters. The Hall–Kier alpha value is -1.35. The van der Waals surface area contributed by atoms with Crippen molar-refractivity contribution in [2.24, 2.45) is 11.8 Å². The monoisotopic (exact) mass is 301 g/mol. The van der Waals surface area contributed by atoms with Gasteiger partial charge in [-0.05, 0) is 43.1 Å². The molecular formula is C19H27NO2. The molecule has 1 amide bonds. The zero-order valence-electron chi connectivity index (χ0n) is 13.4. The van der Waals surface area contributed by atoms with Crippen molar-refractivity contribution in [1.29, 1.82) is 0 Å². The average molecular weight is 301 g/mol. The topological polar surface area (TPSA) is 40.5 Å². The summed E-state index contributed by atoms with van der Waals surface area (Å²) in [4.78, 5) is 14.7. The summed E-state index contributed by atoms with van der Waals surface area (Å²) in [7, 11) is 0. The predicted octanol–water partition coefficient (Wildman–Crippen LogP) is 3.19. The van der Waals surface area contributed by atoms with Gasteiger partial charge in [-0.1, -0.05) is 43.7 Å². The molecule has 0 spiro atoms. The zero-order chi connectivity index (χ0) is 15.5. The standard InChI is InChI=1S/C19H27NO2/c1-2-14-13-20(19(22)17-9-6-10-18(17)21)12-11-16(14)15-7-4-3-5-8-15/h3-5,7-8,14,16-18,21H,2,6,9-13H2,1H3. The first-order valence-corrected chi connectivity index (χ1v) is 8.72. The second-order valence-electron chi connectivity index (χ2n) is 6.86. The van der Waals surface area contributed by atoms with Crippen molar-refractivity contribution < 1.29 is 9.90 Å². The summed E-state index contributed by atoms with van der Waals surface area (Å²) in [6, 6.07) is 10.7. The molecule has 120 valence electrons. The van der Waals surface area contributed by atoms with E-state index < -0.39 is 6.10 Å². The summed E-state index contributed by atoms with van der Waals surface area (Å²) < 4.78 is 0. The van der Waals surface area contributed by atoms with Crippen LogP contribution in [0.5, 0.6) is 0 Å². The Kier molecular flexibility index (Phi) is 4.82. The van der Waals surface area contributed by atoms with Gasteiger partial charge in [0.1, 0.15) is 0 Å². The van der Waals surface area contributed by atoms with Crippen molar-refractivity contribution in [3.63, 3.8) is 0 Å². The van der Waals surface area contributed by atoms with Crippen molar-refractivity contribution in [2.75, 3.05) is 13.1 Å². The number of carbonyl (C=O) groups excluding carboxylic acids is 1. The maximum absolute atomic E-state index is 12.7. The lowest BCUT2D eigenvalue weighted by Crippen LogP contribution is -2.46. The molecule has 1 saturated heterocycles. The number of rotatable bonds is 3. The number of aliphatic hydroxyl groups is 1. The maximum atomic E-state index is 12.7. The van der Waals surface area contributed by atoms with Crippen molar-refractivity contribution in [3.05, 3.63) is 35.9 Å². The third-order valence-electron chi connectivity index (χ3n) is 5.59. The van der Waals surface area contributed by atoms with E-state index in [1.54, 1.807) is 0 Å². The molecule has 1 aromatic carbocycles. The third kappa shape index (κ3) is 3.05. The van der Waals surface area contributed by atoms with E-state index in [1.165, 1.54) is 5.56 Å². The van der Waals surface area contributed by atoms with Gasteiger partial charge < -0.3 is 10.0 Å². The van der Waals surface area contributed by atoms with Gasteiger partial charge in [0.2, 0.25) is 5.91 Å². The van der Waals surface area contributed by atoms with Gasteiger partial charge in [0.05, 0.1) is 12.0 Å². The van der Waals surface area contributed by atoms with Crippen LogP contribution < -0.4 is 0 Å². The Labute approximate surface area is 133 Å². The van der Waals surface area contributed by atoms with E-state index in [4.69, 9.17) is 0 Å². The average Bonchev–Trinajstić information content (AvgIpc) is 3.00. The highest BCUT2D eigenvalue weighted by molar-refractivity contribution is 5.80. The normalized spacial score (nSPS) is 32.2. The van der Waals surface area contributed by atoms with Gasteiger partial charge in [-0.3, -0.25) is 4.79 Å². The molecule has 0 aromatic heterocycles. The first-order chi connectivity index (χ1) is 10.7. The fraction of sp³-hybridized carbons (Fsp3) is 0.632. The minimum atomic E-state index is -0.417. The van der Waals surface area contributed by atoms with Gasteiger partial charge in [-0.2, -0.15) is 0 Å². The second-order valence-corrected chi connectivity index (χ2v) is 6.86. The number of amides is 1. The minimum absolute atomic E-state index is 0.147. The van der Waals surface area contributed by atoms with E-state index in [9.17, 15) is 9.90 Å². The van der Waals surface area contributed by atoms with Crippen LogP contribution in [0.4, 0.5) is 0 Å². The van der Waals surface area contributed by atoms with Crippen molar-refractivity contribution >= 4 is 5.91 Å². The van der Waals surface area contributed by atoms with Crippen molar-refractivity contribution in [2.45, 2.75) is 51.0 Å². The molecule has 1 N–H and O–H groups in total. The number of benzene rings is 1. The van der Waals surface area contributed by atoms with Crippen LogP contribution in [-0.2, 0) is 4.79 Å². The minimum Gasteiger partial charge on any atom is -0.392 e. The van der Waals surface area contributed by atoms with E-state index in [1.807, 2.05) is 4.90 Å². The number of aliphatic hydroxyl groups excluding tert-OH is 1. The fourth-order valence-electron chi connectivity index (χ4n) is 4.25. The second kappa shape index (κ2) is 6.82. The maximum Gasteiger partial charge on any atom is 0.228 e. The summed E-state index contributed by atoms with van der Waals surface area (Å²) in [6.45, 7) is 3.90. The number of hydrogen-bond acceptors (Lipinski definition) is 2. The molecule has 22 heavy (non-hydrogen) atoms. The fourth-order valence-corrected chi connectivity index (χ4v) is 4.25. The molecule has 2 fully saturated rings. The summed E-state index contributed by atoms with van der Waals surface area (Å²) in [6.07, 6.45) is 4.34. The van der Waals surface area contributed by atoms with Crippen LogP contribution in [-0.4, -0.2) is 35.1 Å². The van der Waals surface area contributed by atoms with Gasteiger partial charge in [0, 0.05) is 13.1 Å². The Balaban J connectivity index is 1.68. The van der Waals surface area contributed by atoms with Gasteiger partial charge in [-0.15, -0.1) is 0 Å². The van der Waals surface area contributed by atoms with E-state index in [-0.39, 0.29) is 11.8 Å². The molecule has 2 aliphatic rings. The predicted molar refractivity (Wildman–Crippen MR) is 87.5 cm³/mol. The summed E-state index contributed by atoms with van der Waals surface area (Å²) >= 11 is 0. The highest BCUT2D eigenvalue weighted by Gasteiger charge is 2.38. The lowest BCUT2D eigenvalue weighted by atomic mass is 9.79. The van der Waals surface area contributed by atoms with E-state index in [0.717, 1.165) is 45.2 Å². The smallest absolute Gasteiger partial charge is 0.228 e. The van der Waals surface area contributed by atoms with Gasteiger partial charge in [-0.25, -0.2) is 0 Å². The number of piperidine rings is 1. The molecule has 0 radical (unpaired) electrons. The van der Waals surface area contributed by atoms with Crippen LogP contribution >= 0.6 is 0 Å². The van der Waals surface area contributed by atoms with E-state index in [0.29, 0.717) is 11.8 Å². The summed E-state index contributed by atoms with van der Waals surface area (Å²) in [5.74, 6) is 1.13. The van der Waals surface area contributed by atoms with Crippen molar-refractivity contribution in [1.82, 2.24) is 4.90 Å². The number of likely N-dealkylation sites (tertiary alicyclic amines) is 1. The molecular weight excluding hydrogens is 274 g/mol. The molecule has 1 aromatic rings. The molecule has 3 rings (SSSR count). The number of nitrogens with zero attached hydrogens (tertiary/aromatic N) is 1. The van der Waals surface area contributed by atoms with Gasteiger partial charge in [0.25, 0.3) is 0 Å². The van der Waals surface area contributed by atoms with Crippen molar-refractivity contribution in [3.8, 4) is 0 Å². The molecule has 3 nitrogen and oxygen atoms in total. The number of hydrogen-bond donors (Lipinski definition) is 1. The van der Waals surface area contributed by atoms with Gasteiger partial charge >= 0.3 is 0 Å². The molecule has 1 aliphatic carbocycles. The Morgan fingerprint density at radius 3 is 2.64 bits per heavy atom. The lowest BCUT2D eigenvalue weighted by molar-refractivity contribution is -0.140. The van der Waals surface area contributed by atoms with Crippen LogP contribution in [0.25, 0.3) is 0 Å². The highest BCUT2D eigenvalue weighted by Crippen LogP contribution is 2.36. The van der Waals surface area contributed by atoms with Crippen LogP contribution in [0.1, 0.15) is 50.5 Å². The molecule has 4 unspecified atom stereocenters. The Bertz CT molecular complexity index is 501. The quantitative estimate of drug-likeness (QED) is 0.931. The first kappa shape index (κ1) is 15.5. The molecule has 3 heteroatoms. The molecule has 0 bridgehead atoms. The molecule has 1 saturated carbocycles. The summed E-state index contributed by atoms with van der Waals surface area (Å²) in [5, 5.41) is 10.00. The SMILES string of the molecule is CCC1CN(C(=O)C2CCCC2O)CCC1c1ccccc1. The number of carbonyl (C=O) groups is 1. The summed E-state index contributed by atoms with van der Waals surface area (Å²) in [5.41, 5.74) is 1.40. The zero-order valence-corrected chi connectivity index (χ0v) is 13.4. The Morgan fingerprint density at radius 2 is 2.00 bits per heavy atom. The van der Waals surface area contributed by atoms with Gasteiger partial charge in [0.15, 0.2) is 0 Å². The lowest BCUT2D eigenvalue weighted by Gasteiger charge is -2.40. The highest BCUT2D eigenvalue weighted by atomic mass is 16.3. The molecule has 1 aliphatic heterocycles. The van der Waals surface area contributed by atoms with E-state index >= 15 is 0 Å². The third-order valence-corrected chi connectivity index (χ3v) is 5.59. The molecule has 1 heterocycles. The Morgan fingerprint density at radius 1 is 1.23 bits per heavy atom. The van der Waals surface area contributed by atoms with Crippen LogP contribution in [0.3, 0.4) is 0 Å². The van der Waals surface area contributed by atoms with Crippen LogP contribution in [0.15, 0.2) is 30.3 Å². The van der Waals surface area contributed by atoms with Crippen LogP contribution in [0, 0.1) is 11.8 Å².